The Morgan fingerprint density at radius 1 is 0.619 bits per heavy atom. The average molecular weight is 268 g/mol. The van der Waals surface area contributed by atoms with Gasteiger partial charge in [0.2, 0.25) is 0 Å². The van der Waals surface area contributed by atoms with Gasteiger partial charge >= 0.3 is 0 Å². The Hall–Kier alpha value is -2.68. The maximum Gasteiger partial charge on any atom is 0.136 e. The molecule has 0 amide bonds. The van der Waals surface area contributed by atoms with E-state index in [0.29, 0.717) is 5.46 Å². The Labute approximate surface area is 121 Å². The lowest BCUT2D eigenvalue weighted by atomic mass is 9.93. The van der Waals surface area contributed by atoms with Crippen LogP contribution in [-0.4, -0.2) is 7.85 Å². The first kappa shape index (κ1) is 11.0. The molecule has 0 spiro atoms. The van der Waals surface area contributed by atoms with Gasteiger partial charge in [0.05, 0.1) is 0 Å². The largest absolute Gasteiger partial charge is 0.457 e. The van der Waals surface area contributed by atoms with E-state index < -0.39 is 0 Å². The van der Waals surface area contributed by atoms with Crippen LogP contribution in [0.15, 0.2) is 63.4 Å². The summed E-state index contributed by atoms with van der Waals surface area (Å²) in [4.78, 5) is 0. The van der Waals surface area contributed by atoms with Crippen molar-refractivity contribution in [3.63, 3.8) is 0 Å². The molecule has 96 valence electrons. The molecule has 5 aromatic rings. The molecule has 0 aliphatic carbocycles. The first-order valence-electron chi connectivity index (χ1n) is 6.84. The maximum absolute atomic E-state index is 6.03. The van der Waals surface area contributed by atoms with Gasteiger partial charge in [0.15, 0.2) is 0 Å². The monoisotopic (exact) mass is 268 g/mol. The highest BCUT2D eigenvalue weighted by Crippen LogP contribution is 2.38. The minimum Gasteiger partial charge on any atom is -0.457 e. The number of benzene rings is 3. The predicted octanol–water partition coefficient (Wildman–Crippen LogP) is 4.28. The summed E-state index contributed by atoms with van der Waals surface area (Å²) in [7, 11) is 6.03. The van der Waals surface area contributed by atoms with Gasteiger partial charge in [0.25, 0.3) is 0 Å². The summed E-state index contributed by atoms with van der Waals surface area (Å²) >= 11 is 0. The molecule has 21 heavy (non-hydrogen) atoms. The van der Waals surface area contributed by atoms with Gasteiger partial charge in [-0.1, -0.05) is 41.9 Å². The van der Waals surface area contributed by atoms with E-state index in [1.165, 1.54) is 0 Å². The summed E-state index contributed by atoms with van der Waals surface area (Å²) in [5.41, 5.74) is 3.99. The van der Waals surface area contributed by atoms with Gasteiger partial charge in [-0.15, -0.1) is 0 Å². The van der Waals surface area contributed by atoms with E-state index >= 15 is 0 Å². The third kappa shape index (κ3) is 1.33. The normalized spacial score (nSPS) is 12.0. The Bertz CT molecular complexity index is 1150. The molecular formula is C18H9BO2. The van der Waals surface area contributed by atoms with Gasteiger partial charge in [0, 0.05) is 21.5 Å². The molecule has 0 aliphatic heterocycles. The van der Waals surface area contributed by atoms with Crippen molar-refractivity contribution in [2.75, 3.05) is 0 Å². The van der Waals surface area contributed by atoms with Crippen molar-refractivity contribution in [1.82, 2.24) is 0 Å². The number of hydrogen-bond donors (Lipinski definition) is 0. The SMILES string of the molecule is [B]c1cccc2c1oc1ccc3oc4ccccc4c3c12. The first-order valence-corrected chi connectivity index (χ1v) is 6.84. The standard InChI is InChI=1S/C18H9BO2/c19-12-6-3-5-11-17-15(21-18(11)12)9-8-14-16(17)10-4-1-2-7-13(10)20-14/h1-9H. The van der Waals surface area contributed by atoms with Crippen LogP contribution in [-0.2, 0) is 0 Å². The Kier molecular flexibility index (Phi) is 1.94. The van der Waals surface area contributed by atoms with Gasteiger partial charge in [-0.3, -0.25) is 0 Å². The average Bonchev–Trinajstić information content (AvgIpc) is 3.05. The molecule has 0 atom stereocenters. The number of hydrogen-bond acceptors (Lipinski definition) is 2. The number of rotatable bonds is 0. The third-order valence-corrected chi connectivity index (χ3v) is 4.03. The molecule has 0 bridgehead atoms. The Morgan fingerprint density at radius 3 is 2.24 bits per heavy atom. The molecule has 0 N–H and O–H groups in total. The fraction of sp³-hybridized carbons (Fsp3) is 0. The second-order valence-electron chi connectivity index (χ2n) is 5.24. The molecule has 0 aliphatic rings. The molecular weight excluding hydrogens is 259 g/mol. The van der Waals surface area contributed by atoms with Crippen LogP contribution >= 0.6 is 0 Å². The van der Waals surface area contributed by atoms with Gasteiger partial charge in [0.1, 0.15) is 30.2 Å². The molecule has 2 heterocycles. The summed E-state index contributed by atoms with van der Waals surface area (Å²) < 4.78 is 11.9. The Morgan fingerprint density at radius 2 is 1.33 bits per heavy atom. The van der Waals surface area contributed by atoms with Crippen LogP contribution in [0.25, 0.3) is 43.9 Å². The molecule has 2 aromatic heterocycles. The summed E-state index contributed by atoms with van der Waals surface area (Å²) in [6.07, 6.45) is 0. The topological polar surface area (TPSA) is 26.3 Å². The molecule has 2 nitrogen and oxygen atoms in total. The van der Waals surface area contributed by atoms with Crippen LogP contribution < -0.4 is 5.46 Å². The molecule has 5 rings (SSSR count). The lowest BCUT2D eigenvalue weighted by Crippen LogP contribution is -2.00. The highest BCUT2D eigenvalue weighted by molar-refractivity contribution is 6.40. The minimum absolute atomic E-state index is 0.657. The van der Waals surface area contributed by atoms with E-state index in [0.717, 1.165) is 43.9 Å². The highest BCUT2D eigenvalue weighted by atomic mass is 16.3. The Balaban J connectivity index is 2.17. The van der Waals surface area contributed by atoms with Crippen molar-refractivity contribution >= 4 is 57.2 Å². The summed E-state index contributed by atoms with van der Waals surface area (Å²) in [5.74, 6) is 0. The zero-order chi connectivity index (χ0) is 14.0. The maximum atomic E-state index is 6.03. The van der Waals surface area contributed by atoms with Gasteiger partial charge in [-0.25, -0.2) is 0 Å². The lowest BCUT2D eigenvalue weighted by Gasteiger charge is -1.94. The molecule has 0 saturated carbocycles. The molecule has 0 fully saturated rings. The fourth-order valence-corrected chi connectivity index (χ4v) is 3.13. The lowest BCUT2D eigenvalue weighted by molar-refractivity contribution is 0.664. The van der Waals surface area contributed by atoms with Gasteiger partial charge in [-0.2, -0.15) is 0 Å². The molecule has 2 radical (unpaired) electrons. The van der Waals surface area contributed by atoms with E-state index in [2.05, 4.69) is 6.07 Å². The van der Waals surface area contributed by atoms with E-state index in [1.54, 1.807) is 0 Å². The quantitative estimate of drug-likeness (QED) is 0.392. The van der Waals surface area contributed by atoms with E-state index in [9.17, 15) is 0 Å². The van der Waals surface area contributed by atoms with Crippen LogP contribution in [0, 0.1) is 0 Å². The number of fused-ring (bicyclic) bond motifs is 7. The minimum atomic E-state index is 0.657. The van der Waals surface area contributed by atoms with Crippen LogP contribution in [0.2, 0.25) is 0 Å². The van der Waals surface area contributed by atoms with Crippen LogP contribution in [0.3, 0.4) is 0 Å². The van der Waals surface area contributed by atoms with Crippen molar-refractivity contribution in [3.8, 4) is 0 Å². The smallest absolute Gasteiger partial charge is 0.136 e. The van der Waals surface area contributed by atoms with Gasteiger partial charge in [-0.05, 0) is 18.2 Å². The van der Waals surface area contributed by atoms with Crippen molar-refractivity contribution in [2.45, 2.75) is 0 Å². The van der Waals surface area contributed by atoms with E-state index in [-0.39, 0.29) is 0 Å². The number of para-hydroxylation sites is 2. The third-order valence-electron chi connectivity index (χ3n) is 4.03. The van der Waals surface area contributed by atoms with Crippen molar-refractivity contribution in [3.05, 3.63) is 54.6 Å². The predicted molar refractivity (Wildman–Crippen MR) is 86.4 cm³/mol. The first-order chi connectivity index (χ1) is 10.3. The number of furan rings is 2. The highest BCUT2D eigenvalue weighted by Gasteiger charge is 2.16. The van der Waals surface area contributed by atoms with Crippen molar-refractivity contribution in [2.24, 2.45) is 0 Å². The molecule has 3 aromatic carbocycles. The molecule has 3 heteroatoms. The van der Waals surface area contributed by atoms with Crippen molar-refractivity contribution < 1.29 is 8.83 Å². The van der Waals surface area contributed by atoms with E-state index in [1.807, 2.05) is 48.5 Å². The second kappa shape index (κ2) is 3.70. The van der Waals surface area contributed by atoms with Gasteiger partial charge < -0.3 is 8.83 Å². The van der Waals surface area contributed by atoms with Crippen LogP contribution in [0.5, 0.6) is 0 Å². The summed E-state index contributed by atoms with van der Waals surface area (Å²) in [6, 6.07) is 17.8. The second-order valence-corrected chi connectivity index (χ2v) is 5.24. The zero-order valence-corrected chi connectivity index (χ0v) is 11.1. The molecule has 0 unspecified atom stereocenters. The molecule has 0 saturated heterocycles. The summed E-state index contributed by atoms with van der Waals surface area (Å²) in [5, 5.41) is 4.29. The summed E-state index contributed by atoms with van der Waals surface area (Å²) in [6.45, 7) is 0. The fourth-order valence-electron chi connectivity index (χ4n) is 3.13. The van der Waals surface area contributed by atoms with Crippen molar-refractivity contribution in [1.29, 1.82) is 0 Å². The van der Waals surface area contributed by atoms with Crippen LogP contribution in [0.1, 0.15) is 0 Å². The van der Waals surface area contributed by atoms with E-state index in [4.69, 9.17) is 16.7 Å². The van der Waals surface area contributed by atoms with Crippen LogP contribution in [0.4, 0.5) is 0 Å². The zero-order valence-electron chi connectivity index (χ0n) is 11.1.